The molecule has 1 aromatic carbocycles. The molecule has 1 aromatic rings. The lowest BCUT2D eigenvalue weighted by Gasteiger charge is -2.26. The van der Waals surface area contributed by atoms with E-state index in [0.29, 0.717) is 23.6 Å². The quantitative estimate of drug-likeness (QED) is 0.845. The van der Waals surface area contributed by atoms with E-state index in [1.54, 1.807) is 0 Å². The minimum Gasteiger partial charge on any atom is -0.492 e. The summed E-state index contributed by atoms with van der Waals surface area (Å²) < 4.78 is 11.2. The lowest BCUT2D eigenvalue weighted by molar-refractivity contribution is -0.112. The van der Waals surface area contributed by atoms with Gasteiger partial charge in [-0.05, 0) is 25.5 Å². The van der Waals surface area contributed by atoms with Crippen molar-refractivity contribution in [3.63, 3.8) is 0 Å². The lowest BCUT2D eigenvalue weighted by Crippen LogP contribution is -2.38. The van der Waals surface area contributed by atoms with E-state index in [-0.39, 0.29) is 0 Å². The van der Waals surface area contributed by atoms with Gasteiger partial charge in [0.1, 0.15) is 12.4 Å². The van der Waals surface area contributed by atoms with Crippen LogP contribution < -0.4 is 10.1 Å². The van der Waals surface area contributed by atoms with Crippen LogP contribution in [0.15, 0.2) is 6.07 Å². The van der Waals surface area contributed by atoms with Gasteiger partial charge < -0.3 is 14.8 Å². The van der Waals surface area contributed by atoms with Crippen LogP contribution in [-0.4, -0.2) is 56.0 Å². The first kappa shape index (κ1) is 15.0. The third-order valence-electron chi connectivity index (χ3n) is 4.18. The summed E-state index contributed by atoms with van der Waals surface area (Å²) in [5.74, 6) is -0.366. The Morgan fingerprint density at radius 3 is 2.73 bits per heavy atom. The lowest BCUT2D eigenvalue weighted by atomic mass is 10.0. The molecule has 0 aliphatic carbocycles. The number of hydrogen-bond donors (Lipinski definition) is 1. The van der Waals surface area contributed by atoms with E-state index in [9.17, 15) is 9.59 Å². The molecule has 0 spiro atoms. The summed E-state index contributed by atoms with van der Waals surface area (Å²) in [6.45, 7) is 8.43. The largest absolute Gasteiger partial charge is 0.492 e. The van der Waals surface area contributed by atoms with Crippen molar-refractivity contribution in [3.8, 4) is 5.75 Å². The van der Waals surface area contributed by atoms with Crippen LogP contribution in [0.25, 0.3) is 0 Å². The van der Waals surface area contributed by atoms with Gasteiger partial charge in [-0.1, -0.05) is 0 Å². The van der Waals surface area contributed by atoms with Crippen LogP contribution in [0.4, 0.5) is 5.69 Å². The molecule has 6 nitrogen and oxygen atoms in total. The van der Waals surface area contributed by atoms with Crippen molar-refractivity contribution in [1.82, 2.24) is 4.90 Å². The fourth-order valence-electron chi connectivity index (χ4n) is 2.87. The van der Waals surface area contributed by atoms with E-state index in [0.717, 1.165) is 44.0 Å². The van der Waals surface area contributed by atoms with Crippen molar-refractivity contribution in [1.29, 1.82) is 0 Å². The van der Waals surface area contributed by atoms with Crippen LogP contribution in [0, 0.1) is 13.8 Å². The SMILES string of the molecule is Cc1cc(OCCN2CCOCC2)c(C)c2c1NC(=O)C2=O. The number of nitrogens with one attached hydrogen (secondary N) is 1. The zero-order valence-corrected chi connectivity index (χ0v) is 12.9. The second-order valence-electron chi connectivity index (χ2n) is 5.65. The van der Waals surface area contributed by atoms with Crippen molar-refractivity contribution in [2.24, 2.45) is 0 Å². The molecule has 3 rings (SSSR count). The van der Waals surface area contributed by atoms with Gasteiger partial charge in [-0.25, -0.2) is 0 Å². The molecule has 1 N–H and O–H groups in total. The summed E-state index contributed by atoms with van der Waals surface area (Å²) >= 11 is 0. The van der Waals surface area contributed by atoms with Gasteiger partial charge in [-0.15, -0.1) is 0 Å². The smallest absolute Gasteiger partial charge is 0.296 e. The van der Waals surface area contributed by atoms with Gasteiger partial charge in [0.05, 0.1) is 24.5 Å². The van der Waals surface area contributed by atoms with Crippen molar-refractivity contribution < 1.29 is 19.1 Å². The number of nitrogens with zero attached hydrogens (tertiary/aromatic N) is 1. The third kappa shape index (κ3) is 2.71. The molecule has 1 saturated heterocycles. The minimum atomic E-state index is -0.563. The van der Waals surface area contributed by atoms with Gasteiger partial charge in [0.15, 0.2) is 0 Å². The molecule has 0 atom stereocenters. The highest BCUT2D eigenvalue weighted by Gasteiger charge is 2.32. The van der Waals surface area contributed by atoms with E-state index in [4.69, 9.17) is 9.47 Å². The molecule has 6 heteroatoms. The predicted octanol–water partition coefficient (Wildman–Crippen LogP) is 1.15. The van der Waals surface area contributed by atoms with Crippen LogP contribution >= 0.6 is 0 Å². The van der Waals surface area contributed by atoms with Crippen LogP contribution in [0.3, 0.4) is 0 Å². The minimum absolute atomic E-state index is 0.450. The maximum Gasteiger partial charge on any atom is 0.296 e. The molecule has 2 aliphatic rings. The number of aryl methyl sites for hydroxylation is 1. The van der Waals surface area contributed by atoms with E-state index in [1.807, 2.05) is 19.9 Å². The Hall–Kier alpha value is -1.92. The second kappa shape index (κ2) is 6.06. The number of benzene rings is 1. The molecule has 0 aromatic heterocycles. The van der Waals surface area contributed by atoms with Gasteiger partial charge in [-0.3, -0.25) is 14.5 Å². The number of amides is 1. The van der Waals surface area contributed by atoms with Gasteiger partial charge in [0.2, 0.25) is 0 Å². The summed E-state index contributed by atoms with van der Waals surface area (Å²) in [5.41, 5.74) is 2.64. The van der Waals surface area contributed by atoms with Crippen LogP contribution in [-0.2, 0) is 9.53 Å². The summed E-state index contributed by atoms with van der Waals surface area (Å²) in [5, 5.41) is 2.63. The third-order valence-corrected chi connectivity index (χ3v) is 4.18. The molecule has 22 heavy (non-hydrogen) atoms. The van der Waals surface area contributed by atoms with Crippen LogP contribution in [0.5, 0.6) is 5.75 Å². The van der Waals surface area contributed by atoms with E-state index < -0.39 is 11.7 Å². The van der Waals surface area contributed by atoms with Gasteiger partial charge in [0.25, 0.3) is 11.7 Å². The molecule has 0 radical (unpaired) electrons. The Balaban J connectivity index is 1.71. The number of fused-ring (bicyclic) bond motifs is 1. The standard InChI is InChI=1S/C16H20N2O4/c1-10-9-12(22-8-5-18-3-6-21-7-4-18)11(2)13-14(10)17-16(20)15(13)19/h9H,3-8H2,1-2H3,(H,17,19,20). The van der Waals surface area contributed by atoms with E-state index in [1.165, 1.54) is 0 Å². The highest BCUT2D eigenvalue weighted by molar-refractivity contribution is 6.52. The highest BCUT2D eigenvalue weighted by atomic mass is 16.5. The summed E-state index contributed by atoms with van der Waals surface area (Å²) in [7, 11) is 0. The molecule has 2 aliphatic heterocycles. The van der Waals surface area contributed by atoms with Crippen LogP contribution in [0.1, 0.15) is 21.5 Å². The van der Waals surface area contributed by atoms with E-state index in [2.05, 4.69) is 10.2 Å². The number of anilines is 1. The summed E-state index contributed by atoms with van der Waals surface area (Å²) in [6, 6.07) is 1.88. The topological polar surface area (TPSA) is 67.9 Å². The predicted molar refractivity (Wildman–Crippen MR) is 81.6 cm³/mol. The first-order valence-corrected chi connectivity index (χ1v) is 7.50. The highest BCUT2D eigenvalue weighted by Crippen LogP contribution is 2.35. The zero-order valence-electron chi connectivity index (χ0n) is 12.9. The molecule has 1 fully saturated rings. The number of carbonyl (C=O) groups excluding carboxylic acids is 2. The Labute approximate surface area is 129 Å². The Bertz CT molecular complexity index is 621. The van der Waals surface area contributed by atoms with Crippen LogP contribution in [0.2, 0.25) is 0 Å². The molecule has 0 unspecified atom stereocenters. The Morgan fingerprint density at radius 1 is 1.27 bits per heavy atom. The number of ketones is 1. The molecular weight excluding hydrogens is 284 g/mol. The normalized spacial score (nSPS) is 18.3. The number of hydrogen-bond acceptors (Lipinski definition) is 5. The van der Waals surface area contributed by atoms with Gasteiger partial charge in [0, 0.05) is 25.2 Å². The summed E-state index contributed by atoms with van der Waals surface area (Å²) in [4.78, 5) is 25.8. The monoisotopic (exact) mass is 304 g/mol. The second-order valence-corrected chi connectivity index (χ2v) is 5.65. The molecule has 0 saturated carbocycles. The van der Waals surface area contributed by atoms with Crippen molar-refractivity contribution in [2.45, 2.75) is 13.8 Å². The average Bonchev–Trinajstić information content (AvgIpc) is 2.82. The molecule has 2 heterocycles. The first-order valence-electron chi connectivity index (χ1n) is 7.50. The van der Waals surface area contributed by atoms with Gasteiger partial charge in [-0.2, -0.15) is 0 Å². The Kier molecular flexibility index (Phi) is 4.13. The zero-order chi connectivity index (χ0) is 15.7. The maximum atomic E-state index is 12.0. The van der Waals surface area contributed by atoms with Crippen molar-refractivity contribution >= 4 is 17.4 Å². The Morgan fingerprint density at radius 2 is 2.00 bits per heavy atom. The molecule has 0 bridgehead atoms. The fourth-order valence-corrected chi connectivity index (χ4v) is 2.87. The average molecular weight is 304 g/mol. The first-order chi connectivity index (χ1) is 10.6. The van der Waals surface area contributed by atoms with Crippen molar-refractivity contribution in [3.05, 3.63) is 22.8 Å². The number of Topliss-reactive ketones (excluding diaryl/α,β-unsaturated/α-hetero) is 1. The fraction of sp³-hybridized carbons (Fsp3) is 0.500. The number of morpholine rings is 1. The van der Waals surface area contributed by atoms with E-state index >= 15 is 0 Å². The van der Waals surface area contributed by atoms with Gasteiger partial charge >= 0.3 is 0 Å². The number of ether oxygens (including phenoxy) is 2. The number of carbonyl (C=O) groups is 2. The maximum absolute atomic E-state index is 12.0. The number of rotatable bonds is 4. The molecule has 1 amide bonds. The molecular formula is C16H20N2O4. The van der Waals surface area contributed by atoms with Crippen molar-refractivity contribution in [2.75, 3.05) is 44.8 Å². The molecule has 118 valence electrons. The summed E-state index contributed by atoms with van der Waals surface area (Å²) in [6.07, 6.45) is 0.